The fourth-order valence-electron chi connectivity index (χ4n) is 7.31. The highest BCUT2D eigenvalue weighted by atomic mass is 28.4. The zero-order valence-corrected chi connectivity index (χ0v) is 28.8. The molecule has 0 saturated carbocycles. The molecule has 6 rings (SSSR count). The summed E-state index contributed by atoms with van der Waals surface area (Å²) in [6, 6.07) is 32.6. The number of carbonyl (C=O) groups is 2. The summed E-state index contributed by atoms with van der Waals surface area (Å²) in [5.74, 6) is 0.997. The van der Waals surface area contributed by atoms with Gasteiger partial charge in [0.15, 0.2) is 14.1 Å². The van der Waals surface area contributed by atoms with E-state index in [0.29, 0.717) is 29.3 Å². The number of aliphatic hydroxyl groups excluding tert-OH is 1. The van der Waals surface area contributed by atoms with Crippen molar-refractivity contribution in [3.63, 3.8) is 0 Å². The van der Waals surface area contributed by atoms with E-state index in [1.807, 2.05) is 110 Å². The molecule has 2 aliphatic heterocycles. The van der Waals surface area contributed by atoms with Gasteiger partial charge in [0.25, 0.3) is 5.91 Å². The number of para-hydroxylation sites is 3. The molecule has 0 radical (unpaired) electrons. The third-order valence-corrected chi connectivity index (χ3v) is 12.1. The van der Waals surface area contributed by atoms with Gasteiger partial charge in [0.05, 0.1) is 36.5 Å². The van der Waals surface area contributed by atoms with Crippen LogP contribution in [0.15, 0.2) is 103 Å². The van der Waals surface area contributed by atoms with Crippen LogP contribution >= 0.6 is 0 Å². The topological polar surface area (TPSA) is 99.5 Å². The lowest BCUT2D eigenvalue weighted by Crippen LogP contribution is -2.42. The molecule has 2 amide bonds. The van der Waals surface area contributed by atoms with E-state index in [4.69, 9.17) is 9.47 Å². The van der Waals surface area contributed by atoms with Gasteiger partial charge in [-0.15, -0.1) is 0 Å². The Labute approximate surface area is 283 Å². The minimum atomic E-state index is -2.68. The Bertz CT molecular complexity index is 1720. The van der Waals surface area contributed by atoms with E-state index in [-0.39, 0.29) is 55.1 Å². The summed E-state index contributed by atoms with van der Waals surface area (Å²) in [4.78, 5) is 42.0. The number of rotatable bonds is 11. The van der Waals surface area contributed by atoms with E-state index in [9.17, 15) is 19.5 Å². The molecule has 2 heterocycles. The summed E-state index contributed by atoms with van der Waals surface area (Å²) in [6.45, 7) is 6.53. The lowest BCUT2D eigenvalue weighted by atomic mass is 9.95. The van der Waals surface area contributed by atoms with Crippen LogP contribution in [0.5, 0.6) is 11.5 Å². The maximum Gasteiger partial charge on any atom is 0.266 e. The molecular formula is C39H44N2O6Si. The van der Waals surface area contributed by atoms with Crippen LogP contribution in [0.4, 0.5) is 11.4 Å². The molecule has 4 aromatic carbocycles. The van der Waals surface area contributed by atoms with Gasteiger partial charge in [-0.25, -0.2) is 0 Å². The first-order valence-electron chi connectivity index (χ1n) is 16.7. The van der Waals surface area contributed by atoms with E-state index >= 15 is 0 Å². The third kappa shape index (κ3) is 7.24. The molecule has 0 bridgehead atoms. The zero-order valence-electron chi connectivity index (χ0n) is 27.8. The third-order valence-electron chi connectivity index (χ3n) is 9.59. The van der Waals surface area contributed by atoms with E-state index in [0.717, 1.165) is 29.7 Å². The summed E-state index contributed by atoms with van der Waals surface area (Å²) in [6.07, 6.45) is 1.16. The summed E-state index contributed by atoms with van der Waals surface area (Å²) in [7, 11) is -2.68. The number of benzene rings is 4. The molecule has 1 saturated heterocycles. The minimum Gasteiger partial charge on any atom is -0.454 e. The molecule has 9 heteroatoms. The van der Waals surface area contributed by atoms with Crippen molar-refractivity contribution in [3.05, 3.63) is 120 Å². The predicted molar refractivity (Wildman–Crippen MR) is 189 cm³/mol. The first-order chi connectivity index (χ1) is 23.1. The molecular weight excluding hydrogens is 621 g/mol. The maximum atomic E-state index is 13.8. The van der Waals surface area contributed by atoms with E-state index in [1.165, 1.54) is 0 Å². The van der Waals surface area contributed by atoms with E-state index < -0.39 is 8.32 Å². The average molecular weight is 665 g/mol. The van der Waals surface area contributed by atoms with Crippen molar-refractivity contribution in [2.24, 2.45) is 5.92 Å². The van der Waals surface area contributed by atoms with Gasteiger partial charge in [0.2, 0.25) is 5.91 Å². The van der Waals surface area contributed by atoms with E-state index in [2.05, 4.69) is 6.92 Å². The molecule has 0 aliphatic carbocycles. The van der Waals surface area contributed by atoms with E-state index in [1.54, 1.807) is 15.9 Å². The second-order valence-corrected chi connectivity index (χ2v) is 17.4. The second-order valence-electron chi connectivity index (χ2n) is 13.4. The number of anilines is 2. The normalized spacial score (nSPS) is 20.4. The number of aryl methyl sites for hydroxylation is 1. The summed E-state index contributed by atoms with van der Waals surface area (Å²) in [5, 5.41) is 9.68. The van der Waals surface area contributed by atoms with Crippen molar-refractivity contribution in [3.8, 4) is 11.5 Å². The van der Waals surface area contributed by atoms with Gasteiger partial charge in [-0.3, -0.25) is 14.5 Å². The molecule has 0 aromatic heterocycles. The van der Waals surface area contributed by atoms with Crippen molar-refractivity contribution in [1.82, 2.24) is 4.90 Å². The lowest BCUT2D eigenvalue weighted by Gasteiger charge is -2.31. The van der Waals surface area contributed by atoms with Gasteiger partial charge in [0, 0.05) is 24.3 Å². The summed E-state index contributed by atoms with van der Waals surface area (Å²) >= 11 is 0. The van der Waals surface area contributed by atoms with Crippen LogP contribution < -0.4 is 9.64 Å². The van der Waals surface area contributed by atoms with Crippen molar-refractivity contribution < 1.29 is 29.0 Å². The fraction of sp³-hybridized carbons (Fsp3) is 0.333. The fourth-order valence-corrected chi connectivity index (χ4v) is 9.92. The van der Waals surface area contributed by atoms with Gasteiger partial charge in [-0.05, 0) is 79.4 Å². The molecule has 1 fully saturated rings. The SMILES string of the molecule is C[C@@H]1[C@@H]([Si](C)(C)O)[C@H](CC(=O)N(CCO)Cc2ccccc2)O[C@@H]1CCc1ccc(N2C(=O)c3ccccc3Oc3ccccc32)cc1. The highest BCUT2D eigenvalue weighted by molar-refractivity contribution is 6.71. The summed E-state index contributed by atoms with van der Waals surface area (Å²) in [5.41, 5.74) is 3.94. The zero-order chi connectivity index (χ0) is 33.8. The number of aliphatic hydroxyl groups is 1. The average Bonchev–Trinajstić information content (AvgIpc) is 3.33. The number of nitrogens with zero attached hydrogens (tertiary/aromatic N) is 2. The Kier molecular flexibility index (Phi) is 10.1. The molecule has 0 spiro atoms. The van der Waals surface area contributed by atoms with Gasteiger partial charge in [-0.2, -0.15) is 0 Å². The Morgan fingerprint density at radius 1 is 0.854 bits per heavy atom. The Morgan fingerprint density at radius 3 is 2.23 bits per heavy atom. The van der Waals surface area contributed by atoms with Crippen LogP contribution in [0.2, 0.25) is 18.6 Å². The largest absolute Gasteiger partial charge is 0.454 e. The smallest absolute Gasteiger partial charge is 0.266 e. The number of fused-ring (bicyclic) bond motifs is 2. The first kappa shape index (κ1) is 33.6. The van der Waals surface area contributed by atoms with Crippen LogP contribution in [0.25, 0.3) is 0 Å². The number of amides is 2. The Balaban J connectivity index is 1.15. The molecule has 2 aliphatic rings. The standard InChI is InChI=1S/C39H44N2O6Si/c1-27-33(46-36(38(27)48(2,3)45)25-37(43)40(23-24-42)26-29-11-5-4-6-12-29)22-19-28-17-20-30(21-18-28)41-32-14-8-10-16-35(32)47-34-15-9-7-13-31(34)39(41)44/h4-18,20-21,27,33,36,38,42,45H,19,22-26H2,1-3H3/t27-,33+,36-,38+/m0/s1. The maximum absolute atomic E-state index is 13.8. The number of hydrogen-bond acceptors (Lipinski definition) is 6. The molecule has 0 unspecified atom stereocenters. The van der Waals surface area contributed by atoms with Crippen molar-refractivity contribution in [2.75, 3.05) is 18.1 Å². The quantitative estimate of drug-likeness (QED) is 0.166. The minimum absolute atomic E-state index is 0.0813. The molecule has 48 heavy (non-hydrogen) atoms. The van der Waals surface area contributed by atoms with Gasteiger partial charge >= 0.3 is 0 Å². The summed E-state index contributed by atoms with van der Waals surface area (Å²) < 4.78 is 12.7. The van der Waals surface area contributed by atoms with Crippen LogP contribution in [-0.4, -0.2) is 60.3 Å². The van der Waals surface area contributed by atoms with Crippen LogP contribution in [0, 0.1) is 5.92 Å². The Morgan fingerprint density at radius 2 is 1.52 bits per heavy atom. The second kappa shape index (κ2) is 14.5. The van der Waals surface area contributed by atoms with Crippen molar-refractivity contribution >= 4 is 31.5 Å². The van der Waals surface area contributed by atoms with Gasteiger partial charge in [0.1, 0.15) is 5.75 Å². The van der Waals surface area contributed by atoms with Crippen LogP contribution in [-0.2, 0) is 22.5 Å². The van der Waals surface area contributed by atoms with Crippen molar-refractivity contribution in [1.29, 1.82) is 0 Å². The molecule has 8 nitrogen and oxygen atoms in total. The van der Waals surface area contributed by atoms with Crippen molar-refractivity contribution in [2.45, 2.75) is 63.6 Å². The Hall–Kier alpha value is -4.28. The monoisotopic (exact) mass is 664 g/mol. The molecule has 4 atom stereocenters. The van der Waals surface area contributed by atoms with Gasteiger partial charge in [-0.1, -0.05) is 73.7 Å². The van der Waals surface area contributed by atoms with Crippen LogP contribution in [0.1, 0.15) is 41.3 Å². The first-order valence-corrected chi connectivity index (χ1v) is 19.8. The molecule has 4 aromatic rings. The molecule has 2 N–H and O–H groups in total. The molecule has 250 valence electrons. The predicted octanol–water partition coefficient (Wildman–Crippen LogP) is 7.09. The number of ether oxygens (including phenoxy) is 2. The van der Waals surface area contributed by atoms with Crippen LogP contribution in [0.3, 0.4) is 0 Å². The van der Waals surface area contributed by atoms with Gasteiger partial charge < -0.3 is 24.3 Å². The highest BCUT2D eigenvalue weighted by Crippen LogP contribution is 2.46. The number of hydrogen-bond donors (Lipinski definition) is 2. The highest BCUT2D eigenvalue weighted by Gasteiger charge is 2.50. The number of carbonyl (C=O) groups excluding carboxylic acids is 2. The lowest BCUT2D eigenvalue weighted by molar-refractivity contribution is -0.135.